The number of aromatic nitrogens is 2. The highest BCUT2D eigenvalue weighted by Crippen LogP contribution is 2.26. The van der Waals surface area contributed by atoms with Gasteiger partial charge in [0.25, 0.3) is 11.5 Å². The summed E-state index contributed by atoms with van der Waals surface area (Å²) in [5.41, 5.74) is 1.91. The second kappa shape index (κ2) is 6.76. The van der Waals surface area contributed by atoms with E-state index in [2.05, 4.69) is 15.3 Å². The number of rotatable bonds is 3. The number of hydrogen-bond acceptors (Lipinski definition) is 4. The maximum absolute atomic E-state index is 12.5. The number of ether oxygens (including phenoxy) is 1. The van der Waals surface area contributed by atoms with Crippen molar-refractivity contribution < 1.29 is 9.53 Å². The molecule has 0 aliphatic carbocycles. The summed E-state index contributed by atoms with van der Waals surface area (Å²) >= 11 is 4.98. The Morgan fingerprint density at radius 3 is 2.96 bits per heavy atom. The van der Waals surface area contributed by atoms with E-state index in [-0.39, 0.29) is 22.2 Å². The molecule has 6 nitrogen and oxygen atoms in total. The zero-order chi connectivity index (χ0) is 18.1. The van der Waals surface area contributed by atoms with E-state index >= 15 is 0 Å². The Morgan fingerprint density at radius 1 is 1.23 bits per heavy atom. The van der Waals surface area contributed by atoms with Gasteiger partial charge in [-0.3, -0.25) is 14.6 Å². The third-order valence-electron chi connectivity index (χ3n) is 4.51. The van der Waals surface area contributed by atoms with Gasteiger partial charge in [-0.15, -0.1) is 0 Å². The predicted octanol–water partition coefficient (Wildman–Crippen LogP) is 2.57. The SMILES string of the molecule is O=C(NCC1COc2ccccc2C1)c1ccc2c(=O)[nH]c(=S)[nH]c2c1. The number of hydrogen-bond donors (Lipinski definition) is 3. The Balaban J connectivity index is 1.46. The Hall–Kier alpha value is -2.93. The van der Waals surface area contributed by atoms with Crippen LogP contribution in [0.3, 0.4) is 0 Å². The highest BCUT2D eigenvalue weighted by Gasteiger charge is 2.20. The molecule has 0 saturated carbocycles. The van der Waals surface area contributed by atoms with Gasteiger partial charge in [-0.05, 0) is 48.5 Å². The van der Waals surface area contributed by atoms with Gasteiger partial charge in [-0.2, -0.15) is 0 Å². The summed E-state index contributed by atoms with van der Waals surface area (Å²) in [6.45, 7) is 1.11. The molecule has 1 amide bonds. The molecule has 4 rings (SSSR count). The van der Waals surface area contributed by atoms with Crippen LogP contribution in [0.15, 0.2) is 47.3 Å². The Kier molecular flexibility index (Phi) is 4.30. The van der Waals surface area contributed by atoms with Crippen LogP contribution in [0.2, 0.25) is 0 Å². The zero-order valence-corrected chi connectivity index (χ0v) is 14.7. The fourth-order valence-electron chi connectivity index (χ4n) is 3.17. The molecule has 2 aromatic carbocycles. The van der Waals surface area contributed by atoms with Crippen LogP contribution in [-0.2, 0) is 6.42 Å². The van der Waals surface area contributed by atoms with E-state index in [0.717, 1.165) is 17.7 Å². The summed E-state index contributed by atoms with van der Waals surface area (Å²) in [5, 5.41) is 3.41. The number of fused-ring (bicyclic) bond motifs is 2. The molecule has 0 spiro atoms. The summed E-state index contributed by atoms with van der Waals surface area (Å²) < 4.78 is 5.99. The number of amides is 1. The first kappa shape index (κ1) is 16.5. The summed E-state index contributed by atoms with van der Waals surface area (Å²) in [5.74, 6) is 0.957. The lowest BCUT2D eigenvalue weighted by atomic mass is 9.96. The standard InChI is InChI=1S/C19H17N3O3S/c23-17(13-5-6-14-15(8-13)21-19(26)22-18(14)24)20-9-11-7-12-3-1-2-4-16(12)25-10-11/h1-6,8,11H,7,9-10H2,(H,20,23)(H2,21,22,24,26). The third-order valence-corrected chi connectivity index (χ3v) is 4.71. The van der Waals surface area contributed by atoms with Crippen LogP contribution in [0.4, 0.5) is 0 Å². The molecule has 26 heavy (non-hydrogen) atoms. The molecule has 3 aromatic rings. The Bertz CT molecular complexity index is 1100. The smallest absolute Gasteiger partial charge is 0.259 e. The first-order valence-electron chi connectivity index (χ1n) is 8.35. The van der Waals surface area contributed by atoms with Crippen LogP contribution in [0.25, 0.3) is 10.9 Å². The van der Waals surface area contributed by atoms with Crippen molar-refractivity contribution in [2.75, 3.05) is 13.2 Å². The Labute approximate surface area is 154 Å². The average molecular weight is 367 g/mol. The normalized spacial score (nSPS) is 15.9. The zero-order valence-electron chi connectivity index (χ0n) is 13.9. The monoisotopic (exact) mass is 367 g/mol. The highest BCUT2D eigenvalue weighted by molar-refractivity contribution is 7.71. The molecule has 1 aliphatic rings. The summed E-state index contributed by atoms with van der Waals surface area (Å²) in [7, 11) is 0. The molecule has 132 valence electrons. The van der Waals surface area contributed by atoms with E-state index in [1.54, 1.807) is 18.2 Å². The lowest BCUT2D eigenvalue weighted by Gasteiger charge is -2.25. The average Bonchev–Trinajstić information content (AvgIpc) is 2.65. The minimum absolute atomic E-state index is 0.189. The van der Waals surface area contributed by atoms with E-state index in [4.69, 9.17) is 17.0 Å². The largest absolute Gasteiger partial charge is 0.493 e. The van der Waals surface area contributed by atoms with Gasteiger partial charge in [-0.25, -0.2) is 0 Å². The number of nitrogens with one attached hydrogen (secondary N) is 3. The van der Waals surface area contributed by atoms with Gasteiger partial charge < -0.3 is 15.0 Å². The molecule has 0 radical (unpaired) electrons. The van der Waals surface area contributed by atoms with Gasteiger partial charge in [-0.1, -0.05) is 18.2 Å². The third kappa shape index (κ3) is 3.25. The number of aromatic amines is 2. The van der Waals surface area contributed by atoms with Crippen molar-refractivity contribution in [2.24, 2.45) is 5.92 Å². The van der Waals surface area contributed by atoms with E-state index in [1.165, 1.54) is 0 Å². The minimum atomic E-state index is -0.270. The van der Waals surface area contributed by atoms with E-state index in [9.17, 15) is 9.59 Å². The molecule has 1 aliphatic heterocycles. The highest BCUT2D eigenvalue weighted by atomic mass is 32.1. The number of H-pyrrole nitrogens is 2. The quantitative estimate of drug-likeness (QED) is 0.621. The second-order valence-corrected chi connectivity index (χ2v) is 6.78. The van der Waals surface area contributed by atoms with Gasteiger partial charge >= 0.3 is 0 Å². The Morgan fingerprint density at radius 2 is 2.08 bits per heavy atom. The maximum atomic E-state index is 12.5. The van der Waals surface area contributed by atoms with E-state index < -0.39 is 0 Å². The van der Waals surface area contributed by atoms with Gasteiger partial charge in [0.05, 0.1) is 17.5 Å². The van der Waals surface area contributed by atoms with Crippen LogP contribution in [0, 0.1) is 10.7 Å². The van der Waals surface area contributed by atoms with Crippen LogP contribution in [-0.4, -0.2) is 29.0 Å². The van der Waals surface area contributed by atoms with Crippen LogP contribution in [0.1, 0.15) is 15.9 Å². The topological polar surface area (TPSA) is 87.0 Å². The van der Waals surface area contributed by atoms with Crippen LogP contribution < -0.4 is 15.6 Å². The lowest BCUT2D eigenvalue weighted by Crippen LogP contribution is -2.34. The van der Waals surface area contributed by atoms with Crippen molar-refractivity contribution in [2.45, 2.75) is 6.42 Å². The number of carbonyl (C=O) groups excluding carboxylic acids is 1. The number of benzene rings is 2. The predicted molar refractivity (Wildman–Crippen MR) is 101 cm³/mol. The summed E-state index contributed by atoms with van der Waals surface area (Å²) in [4.78, 5) is 29.8. The van der Waals surface area contributed by atoms with Gasteiger partial charge in [0.1, 0.15) is 5.75 Å². The summed E-state index contributed by atoms with van der Waals surface area (Å²) in [6.07, 6.45) is 0.872. The molecule has 2 heterocycles. The van der Waals surface area contributed by atoms with Crippen molar-refractivity contribution in [3.05, 3.63) is 68.7 Å². The second-order valence-electron chi connectivity index (χ2n) is 6.37. The first-order chi connectivity index (χ1) is 12.6. The molecular formula is C19H17N3O3S. The van der Waals surface area contributed by atoms with Crippen molar-refractivity contribution >= 4 is 29.0 Å². The van der Waals surface area contributed by atoms with Crippen molar-refractivity contribution in [3.63, 3.8) is 0 Å². The first-order valence-corrected chi connectivity index (χ1v) is 8.76. The van der Waals surface area contributed by atoms with Crippen LogP contribution in [0.5, 0.6) is 5.75 Å². The van der Waals surface area contributed by atoms with E-state index in [0.29, 0.717) is 29.6 Å². The molecule has 0 saturated heterocycles. The molecule has 3 N–H and O–H groups in total. The number of para-hydroxylation sites is 1. The molecule has 1 atom stereocenters. The molecule has 1 unspecified atom stereocenters. The van der Waals surface area contributed by atoms with Crippen molar-refractivity contribution in [1.29, 1.82) is 0 Å². The van der Waals surface area contributed by atoms with E-state index in [1.807, 2.05) is 24.3 Å². The fourth-order valence-corrected chi connectivity index (χ4v) is 3.37. The van der Waals surface area contributed by atoms with Gasteiger partial charge in [0.2, 0.25) is 0 Å². The summed E-state index contributed by atoms with van der Waals surface area (Å²) in [6, 6.07) is 12.9. The van der Waals surface area contributed by atoms with Gasteiger partial charge in [0, 0.05) is 18.0 Å². The van der Waals surface area contributed by atoms with Crippen molar-refractivity contribution in [3.8, 4) is 5.75 Å². The molecular weight excluding hydrogens is 350 g/mol. The van der Waals surface area contributed by atoms with Gasteiger partial charge in [0.15, 0.2) is 4.77 Å². The number of carbonyl (C=O) groups is 1. The van der Waals surface area contributed by atoms with Crippen molar-refractivity contribution in [1.82, 2.24) is 15.3 Å². The minimum Gasteiger partial charge on any atom is -0.493 e. The lowest BCUT2D eigenvalue weighted by molar-refractivity contribution is 0.0939. The molecule has 0 fully saturated rings. The van der Waals surface area contributed by atoms with Crippen LogP contribution >= 0.6 is 12.2 Å². The molecule has 7 heteroatoms. The maximum Gasteiger partial charge on any atom is 0.259 e. The molecule has 1 aromatic heterocycles. The fraction of sp³-hybridized carbons (Fsp3) is 0.211. The molecule has 0 bridgehead atoms.